The van der Waals surface area contributed by atoms with Crippen LogP contribution >= 0.6 is 6.04 Å². The van der Waals surface area contributed by atoms with Crippen LogP contribution in [0.1, 0.15) is 32.9 Å². The molecule has 0 fully saturated rings. The Morgan fingerprint density at radius 1 is 1.24 bits per heavy atom. The van der Waals surface area contributed by atoms with E-state index in [2.05, 4.69) is 26.8 Å². The fourth-order valence-electron chi connectivity index (χ4n) is 2.05. The van der Waals surface area contributed by atoms with E-state index in [9.17, 15) is 4.79 Å². The highest BCUT2D eigenvalue weighted by atomic mass is 32.4. The second kappa shape index (κ2) is 5.97. The van der Waals surface area contributed by atoms with Crippen LogP contribution in [0.5, 0.6) is 0 Å². The molecule has 1 heterocycles. The van der Waals surface area contributed by atoms with Crippen LogP contribution in [-0.2, 0) is 18.4 Å². The van der Waals surface area contributed by atoms with Gasteiger partial charge in [0.15, 0.2) is 0 Å². The second-order valence-corrected chi connectivity index (χ2v) is 10.0. The first-order valence-corrected chi connectivity index (χ1v) is 9.45. The standard InChI is InChI=1S/C13H22NOPS/c1-5-8-14-11(4)9-12(10-13(14)15)16(17,6-2)7-3/h9-10H,5-8H2,1-4H3. The molecule has 0 aliphatic heterocycles. The predicted octanol–water partition coefficient (Wildman–Crippen LogP) is 2.71. The van der Waals surface area contributed by atoms with Crippen LogP contribution < -0.4 is 10.9 Å². The molecule has 0 amide bonds. The van der Waals surface area contributed by atoms with Crippen molar-refractivity contribution in [2.24, 2.45) is 0 Å². The minimum absolute atomic E-state index is 0.109. The van der Waals surface area contributed by atoms with E-state index in [1.54, 1.807) is 6.07 Å². The van der Waals surface area contributed by atoms with E-state index in [-0.39, 0.29) is 5.56 Å². The van der Waals surface area contributed by atoms with E-state index in [4.69, 9.17) is 11.8 Å². The van der Waals surface area contributed by atoms with Crippen LogP contribution in [0.25, 0.3) is 0 Å². The van der Waals surface area contributed by atoms with E-state index in [1.165, 1.54) is 0 Å². The van der Waals surface area contributed by atoms with Crippen molar-refractivity contribution < 1.29 is 0 Å². The Bertz CT molecular complexity index is 485. The highest BCUT2D eigenvalue weighted by Crippen LogP contribution is 2.43. The van der Waals surface area contributed by atoms with Crippen molar-refractivity contribution in [1.29, 1.82) is 0 Å². The third-order valence-corrected chi connectivity index (χ3v) is 8.68. The maximum absolute atomic E-state index is 12.1. The molecule has 2 nitrogen and oxygen atoms in total. The van der Waals surface area contributed by atoms with Crippen molar-refractivity contribution in [3.63, 3.8) is 0 Å². The van der Waals surface area contributed by atoms with Crippen molar-refractivity contribution in [2.75, 3.05) is 12.3 Å². The Balaban J connectivity index is 3.32. The molecule has 0 N–H and O–H groups in total. The summed E-state index contributed by atoms with van der Waals surface area (Å²) in [6, 6.07) is 2.40. The molecule has 0 saturated carbocycles. The molecule has 1 rings (SSSR count). The van der Waals surface area contributed by atoms with Gasteiger partial charge in [-0.1, -0.05) is 32.6 Å². The Labute approximate surface area is 109 Å². The van der Waals surface area contributed by atoms with Gasteiger partial charge in [0.2, 0.25) is 0 Å². The van der Waals surface area contributed by atoms with Gasteiger partial charge in [-0.05, 0) is 43.1 Å². The number of aryl methyl sites for hydroxylation is 1. The Hall–Kier alpha value is -0.400. The number of pyridine rings is 1. The fraction of sp³-hybridized carbons (Fsp3) is 0.615. The Morgan fingerprint density at radius 2 is 1.82 bits per heavy atom. The third kappa shape index (κ3) is 3.08. The summed E-state index contributed by atoms with van der Waals surface area (Å²) >= 11 is 5.76. The van der Waals surface area contributed by atoms with Gasteiger partial charge >= 0.3 is 0 Å². The molecule has 0 radical (unpaired) electrons. The molecule has 0 unspecified atom stereocenters. The average Bonchev–Trinajstić information content (AvgIpc) is 2.32. The number of nitrogens with zero attached hydrogens (tertiary/aromatic N) is 1. The van der Waals surface area contributed by atoms with Crippen LogP contribution in [0, 0.1) is 6.92 Å². The zero-order valence-corrected chi connectivity index (χ0v) is 12.9. The lowest BCUT2D eigenvalue weighted by Gasteiger charge is -2.20. The topological polar surface area (TPSA) is 22.0 Å². The van der Waals surface area contributed by atoms with Gasteiger partial charge in [-0.25, -0.2) is 0 Å². The first-order valence-electron chi connectivity index (χ1n) is 6.28. The highest BCUT2D eigenvalue weighted by Gasteiger charge is 2.17. The van der Waals surface area contributed by atoms with Gasteiger partial charge < -0.3 is 4.57 Å². The first-order chi connectivity index (χ1) is 7.98. The average molecular weight is 271 g/mol. The summed E-state index contributed by atoms with van der Waals surface area (Å²) in [6.07, 6.45) is 2.97. The molecule has 0 aliphatic rings. The van der Waals surface area contributed by atoms with E-state index in [1.807, 2.05) is 11.5 Å². The largest absolute Gasteiger partial charge is 0.313 e. The van der Waals surface area contributed by atoms with Gasteiger partial charge in [0.25, 0.3) is 5.56 Å². The molecule has 96 valence electrons. The smallest absolute Gasteiger partial charge is 0.251 e. The molecule has 0 aliphatic carbocycles. The summed E-state index contributed by atoms with van der Waals surface area (Å²) < 4.78 is 1.84. The molecular weight excluding hydrogens is 249 g/mol. The van der Waals surface area contributed by atoms with Gasteiger partial charge in [0.1, 0.15) is 0 Å². The SMILES string of the molecule is CCCn1c(C)cc(P(=S)(CC)CC)cc1=O. The van der Waals surface area contributed by atoms with Crippen molar-refractivity contribution in [1.82, 2.24) is 4.57 Å². The minimum atomic E-state index is -1.51. The Kier molecular flexibility index (Phi) is 5.15. The molecular formula is C13H22NOPS. The summed E-state index contributed by atoms with van der Waals surface area (Å²) in [4.78, 5) is 12.1. The van der Waals surface area contributed by atoms with Crippen molar-refractivity contribution in [3.05, 3.63) is 28.2 Å². The summed E-state index contributed by atoms with van der Waals surface area (Å²) in [5.41, 5.74) is 1.16. The lowest BCUT2D eigenvalue weighted by atomic mass is 10.3. The third-order valence-electron chi connectivity index (χ3n) is 3.26. The number of aromatic nitrogens is 1. The summed E-state index contributed by atoms with van der Waals surface area (Å²) in [7, 11) is 0. The van der Waals surface area contributed by atoms with E-state index < -0.39 is 6.04 Å². The molecule has 17 heavy (non-hydrogen) atoms. The molecule has 0 atom stereocenters. The highest BCUT2D eigenvalue weighted by molar-refractivity contribution is 8.18. The lowest BCUT2D eigenvalue weighted by Crippen LogP contribution is -2.27. The maximum atomic E-state index is 12.1. The number of hydrogen-bond donors (Lipinski definition) is 0. The zero-order chi connectivity index (χ0) is 13.1. The summed E-state index contributed by atoms with van der Waals surface area (Å²) in [5, 5.41) is 1.12. The van der Waals surface area contributed by atoms with Crippen molar-refractivity contribution >= 4 is 23.1 Å². The predicted molar refractivity (Wildman–Crippen MR) is 80.7 cm³/mol. The van der Waals surface area contributed by atoms with Crippen LogP contribution in [0.2, 0.25) is 0 Å². The quantitative estimate of drug-likeness (QED) is 0.768. The second-order valence-electron chi connectivity index (χ2n) is 4.37. The van der Waals surface area contributed by atoms with E-state index >= 15 is 0 Å². The Morgan fingerprint density at radius 3 is 2.24 bits per heavy atom. The molecule has 0 spiro atoms. The fourth-order valence-corrected chi connectivity index (χ4v) is 4.31. The van der Waals surface area contributed by atoms with Crippen molar-refractivity contribution in [3.8, 4) is 0 Å². The molecule has 0 saturated heterocycles. The first kappa shape index (κ1) is 14.7. The number of hydrogen-bond acceptors (Lipinski definition) is 2. The summed E-state index contributed by atoms with van der Waals surface area (Å²) in [5.74, 6) is 0. The molecule has 0 aromatic carbocycles. The van der Waals surface area contributed by atoms with Crippen molar-refractivity contribution in [2.45, 2.75) is 40.7 Å². The normalized spacial score (nSPS) is 11.8. The molecule has 1 aromatic heterocycles. The lowest BCUT2D eigenvalue weighted by molar-refractivity contribution is 0.636. The molecule has 0 bridgehead atoms. The summed E-state index contributed by atoms with van der Waals surface area (Å²) in [6.45, 7) is 9.16. The van der Waals surface area contributed by atoms with Gasteiger partial charge in [-0.3, -0.25) is 4.79 Å². The van der Waals surface area contributed by atoms with Crippen LogP contribution in [0.4, 0.5) is 0 Å². The van der Waals surface area contributed by atoms with Crippen LogP contribution in [-0.4, -0.2) is 16.9 Å². The minimum Gasteiger partial charge on any atom is -0.313 e. The van der Waals surface area contributed by atoms with E-state index in [0.29, 0.717) is 0 Å². The monoisotopic (exact) mass is 271 g/mol. The van der Waals surface area contributed by atoms with Crippen LogP contribution in [0.3, 0.4) is 0 Å². The van der Waals surface area contributed by atoms with Crippen LogP contribution in [0.15, 0.2) is 16.9 Å². The van der Waals surface area contributed by atoms with Gasteiger partial charge in [0.05, 0.1) is 0 Å². The molecule has 4 heteroatoms. The molecule has 1 aromatic rings. The zero-order valence-electron chi connectivity index (χ0n) is 11.2. The van der Waals surface area contributed by atoms with Gasteiger partial charge in [-0.15, -0.1) is 0 Å². The number of rotatable bonds is 5. The maximum Gasteiger partial charge on any atom is 0.251 e. The van der Waals surface area contributed by atoms with Gasteiger partial charge in [-0.2, -0.15) is 0 Å². The van der Waals surface area contributed by atoms with E-state index in [0.717, 1.165) is 36.3 Å². The van der Waals surface area contributed by atoms with Gasteiger partial charge in [0, 0.05) is 18.3 Å².